The van der Waals surface area contributed by atoms with Crippen LogP contribution in [0.1, 0.15) is 31.4 Å². The lowest BCUT2D eigenvalue weighted by Crippen LogP contribution is -2.43. The van der Waals surface area contributed by atoms with Crippen LogP contribution in [-0.2, 0) is 31.9 Å². The smallest absolute Gasteiger partial charge is 0.313 e. The Morgan fingerprint density at radius 2 is 1.71 bits per heavy atom. The molecule has 2 aromatic carbocycles. The van der Waals surface area contributed by atoms with Crippen LogP contribution in [0.2, 0.25) is 0 Å². The monoisotopic (exact) mass is 401 g/mol. The molecule has 0 spiro atoms. The number of nitrogens with two attached hydrogens (primary N) is 1. The zero-order valence-electron chi connectivity index (χ0n) is 16.6. The van der Waals surface area contributed by atoms with Gasteiger partial charge in [-0.3, -0.25) is 9.36 Å². The van der Waals surface area contributed by atoms with E-state index < -0.39 is 17.2 Å². The summed E-state index contributed by atoms with van der Waals surface area (Å²) in [5, 5.41) is -1.20. The Morgan fingerprint density at radius 1 is 1.07 bits per heavy atom. The molecule has 150 valence electrons. The quantitative estimate of drug-likeness (QED) is 0.350. The Balaban J connectivity index is 2.25. The van der Waals surface area contributed by atoms with Gasteiger partial charge < -0.3 is 15.2 Å². The molecule has 28 heavy (non-hydrogen) atoms. The van der Waals surface area contributed by atoms with Crippen LogP contribution in [-0.4, -0.2) is 18.4 Å². The van der Waals surface area contributed by atoms with E-state index in [0.717, 1.165) is 11.1 Å². The summed E-state index contributed by atoms with van der Waals surface area (Å²) < 4.78 is 23.5. The summed E-state index contributed by atoms with van der Waals surface area (Å²) >= 11 is 0. The molecule has 2 atom stereocenters. The Morgan fingerprint density at radius 3 is 2.25 bits per heavy atom. The molecule has 2 rings (SSSR count). The molecule has 6 heteroatoms. The van der Waals surface area contributed by atoms with Gasteiger partial charge >= 0.3 is 5.97 Å². The van der Waals surface area contributed by atoms with Crippen molar-refractivity contribution in [2.24, 2.45) is 11.8 Å². The molecule has 0 aliphatic heterocycles. The summed E-state index contributed by atoms with van der Waals surface area (Å²) in [4.78, 5) is 13.0. The highest BCUT2D eigenvalue weighted by molar-refractivity contribution is 7.25. The second-order valence-electron chi connectivity index (χ2n) is 7.33. The topological polar surface area (TPSA) is 78.6 Å². The number of benzene rings is 2. The second kappa shape index (κ2) is 10.4. The fourth-order valence-corrected chi connectivity index (χ4v) is 3.82. The second-order valence-corrected chi connectivity index (χ2v) is 8.27. The molecule has 2 aromatic rings. The third-order valence-electron chi connectivity index (χ3n) is 4.71. The van der Waals surface area contributed by atoms with Crippen molar-refractivity contribution >= 4 is 20.1 Å². The lowest BCUT2D eigenvalue weighted by molar-refractivity contribution is -0.158. The largest absolute Gasteiger partial charge is 0.460 e. The van der Waals surface area contributed by atoms with Crippen molar-refractivity contribution in [1.82, 2.24) is 0 Å². The Bertz CT molecular complexity index is 764. The maximum atomic E-state index is 13.0. The van der Waals surface area contributed by atoms with E-state index in [9.17, 15) is 9.36 Å². The van der Waals surface area contributed by atoms with Crippen molar-refractivity contribution < 1.29 is 18.8 Å². The van der Waals surface area contributed by atoms with Gasteiger partial charge in [0.2, 0.25) is 0 Å². The lowest BCUT2D eigenvalue weighted by atomic mass is 9.87. The lowest BCUT2D eigenvalue weighted by Gasteiger charge is -2.33. The van der Waals surface area contributed by atoms with Gasteiger partial charge in [-0.2, -0.15) is 0 Å². The summed E-state index contributed by atoms with van der Waals surface area (Å²) in [6.07, 6.45) is 0.818. The molecular weight excluding hydrogens is 373 g/mol. The number of esters is 1. The molecule has 0 radical (unpaired) electrons. The third kappa shape index (κ3) is 5.88. The highest BCUT2D eigenvalue weighted by atomic mass is 31.1. The zero-order chi connectivity index (χ0) is 20.6. The number of anilines is 1. The summed E-state index contributed by atoms with van der Waals surface area (Å²) in [6, 6.07) is 16.8. The van der Waals surface area contributed by atoms with Crippen molar-refractivity contribution in [2.75, 3.05) is 12.8 Å². The highest BCUT2D eigenvalue weighted by Gasteiger charge is 2.46. The molecule has 0 aliphatic carbocycles. The van der Waals surface area contributed by atoms with E-state index in [1.807, 2.05) is 56.3 Å². The minimum atomic E-state index is -1.20. The van der Waals surface area contributed by atoms with Gasteiger partial charge in [-0.05, 0) is 35.6 Å². The van der Waals surface area contributed by atoms with Crippen molar-refractivity contribution in [1.29, 1.82) is 0 Å². The van der Waals surface area contributed by atoms with Gasteiger partial charge in [0.25, 0.3) is 0 Å². The number of carbonyl (C=O) groups is 1. The highest BCUT2D eigenvalue weighted by Crippen LogP contribution is 2.40. The van der Waals surface area contributed by atoms with Crippen molar-refractivity contribution in [2.45, 2.75) is 38.6 Å². The van der Waals surface area contributed by atoms with Gasteiger partial charge in [0, 0.05) is 19.2 Å². The first-order valence-corrected chi connectivity index (χ1v) is 10.2. The normalized spacial score (nSPS) is 14.6. The van der Waals surface area contributed by atoms with Gasteiger partial charge in [-0.25, -0.2) is 0 Å². The number of hydrogen-bond acceptors (Lipinski definition) is 5. The Labute approximate surface area is 168 Å². The number of hydrogen-bond donors (Lipinski definition) is 1. The maximum absolute atomic E-state index is 13.0. The molecular formula is C22H28NO4P. The molecule has 5 nitrogen and oxygen atoms in total. The van der Waals surface area contributed by atoms with E-state index in [4.69, 9.17) is 15.2 Å². The minimum Gasteiger partial charge on any atom is -0.460 e. The summed E-state index contributed by atoms with van der Waals surface area (Å²) in [6.45, 7) is 4.21. The number of carbonyl (C=O) groups excluding carboxylic acids is 1. The van der Waals surface area contributed by atoms with Gasteiger partial charge in [0.1, 0.15) is 6.61 Å². The summed E-state index contributed by atoms with van der Waals surface area (Å²) in [5.41, 5.74) is 8.20. The SMILES string of the molecule is COC(Cc1ccc(N)cc1)(P=O)C(CC(C)C)C(=O)OCc1ccccc1. The van der Waals surface area contributed by atoms with E-state index in [0.29, 0.717) is 18.5 Å². The summed E-state index contributed by atoms with van der Waals surface area (Å²) in [7, 11) is 1.23. The number of ether oxygens (including phenoxy) is 2. The first kappa shape index (κ1) is 22.1. The third-order valence-corrected chi connectivity index (χ3v) is 5.67. The first-order valence-electron chi connectivity index (χ1n) is 9.35. The van der Waals surface area contributed by atoms with Crippen molar-refractivity contribution in [3.8, 4) is 0 Å². The minimum absolute atomic E-state index is 0.172. The predicted molar refractivity (Wildman–Crippen MR) is 111 cm³/mol. The average Bonchev–Trinajstić information content (AvgIpc) is 2.71. The van der Waals surface area contributed by atoms with Crippen LogP contribution in [0.4, 0.5) is 5.69 Å². The van der Waals surface area contributed by atoms with Crippen molar-refractivity contribution in [3.63, 3.8) is 0 Å². The molecule has 2 unspecified atom stereocenters. The molecule has 0 aromatic heterocycles. The molecule has 0 amide bonds. The molecule has 2 N–H and O–H groups in total. The number of rotatable bonds is 10. The van der Waals surface area contributed by atoms with Crippen LogP contribution < -0.4 is 5.73 Å². The van der Waals surface area contributed by atoms with Crippen LogP contribution in [0.25, 0.3) is 0 Å². The van der Waals surface area contributed by atoms with E-state index in [-0.39, 0.29) is 21.0 Å². The van der Waals surface area contributed by atoms with Crippen LogP contribution >= 0.6 is 8.46 Å². The van der Waals surface area contributed by atoms with Crippen LogP contribution in [0, 0.1) is 11.8 Å². The van der Waals surface area contributed by atoms with Crippen LogP contribution in [0.15, 0.2) is 54.6 Å². The van der Waals surface area contributed by atoms with Crippen LogP contribution in [0.3, 0.4) is 0 Å². The standard InChI is InChI=1S/C22H28NO4P/c1-16(2)13-20(21(24)27-15-18-7-5-4-6-8-18)22(26-3,28-25)14-17-9-11-19(23)12-10-17/h4-12,16,20H,13-15,23H2,1-3H3. The number of methoxy groups -OCH3 is 1. The van der Waals surface area contributed by atoms with E-state index in [1.165, 1.54) is 7.11 Å². The van der Waals surface area contributed by atoms with E-state index in [2.05, 4.69) is 0 Å². The van der Waals surface area contributed by atoms with Gasteiger partial charge in [-0.1, -0.05) is 56.3 Å². The zero-order valence-corrected chi connectivity index (χ0v) is 17.5. The van der Waals surface area contributed by atoms with Crippen LogP contribution in [0.5, 0.6) is 0 Å². The Kier molecular flexibility index (Phi) is 8.16. The number of nitrogen functional groups attached to an aromatic ring is 1. The van der Waals surface area contributed by atoms with E-state index >= 15 is 0 Å². The first-order chi connectivity index (χ1) is 13.4. The van der Waals surface area contributed by atoms with E-state index in [1.54, 1.807) is 12.1 Å². The molecule has 0 saturated heterocycles. The molecule has 0 bridgehead atoms. The molecule has 0 aliphatic rings. The molecule has 0 saturated carbocycles. The molecule has 0 fully saturated rings. The predicted octanol–water partition coefficient (Wildman–Crippen LogP) is 4.85. The Hall–Kier alpha value is -2.23. The molecule has 0 heterocycles. The summed E-state index contributed by atoms with van der Waals surface area (Å²) in [5.74, 6) is -0.868. The van der Waals surface area contributed by atoms with Crippen molar-refractivity contribution in [3.05, 3.63) is 65.7 Å². The van der Waals surface area contributed by atoms with Gasteiger partial charge in [0.15, 0.2) is 13.8 Å². The van der Waals surface area contributed by atoms with Gasteiger partial charge in [0.05, 0.1) is 5.92 Å². The fraction of sp³-hybridized carbons (Fsp3) is 0.409. The van der Waals surface area contributed by atoms with Gasteiger partial charge in [-0.15, -0.1) is 0 Å². The maximum Gasteiger partial charge on any atom is 0.313 e. The fourth-order valence-electron chi connectivity index (χ4n) is 3.16. The average molecular weight is 401 g/mol.